The highest BCUT2D eigenvalue weighted by Gasteiger charge is 2.27. The second-order valence-corrected chi connectivity index (χ2v) is 9.40. The van der Waals surface area contributed by atoms with E-state index in [0.717, 1.165) is 49.5 Å². The van der Waals surface area contributed by atoms with E-state index in [-0.39, 0.29) is 30.5 Å². The molecule has 1 aliphatic rings. The molecule has 174 valence electrons. The van der Waals surface area contributed by atoms with E-state index in [2.05, 4.69) is 37.8 Å². The molecule has 2 aromatic heterocycles. The van der Waals surface area contributed by atoms with Crippen molar-refractivity contribution in [1.29, 1.82) is 0 Å². The van der Waals surface area contributed by atoms with Crippen LogP contribution in [-0.4, -0.2) is 53.7 Å². The molecule has 1 fully saturated rings. The molecule has 0 amide bonds. The fourth-order valence-electron chi connectivity index (χ4n) is 3.68. The number of aryl methyl sites for hydroxylation is 2. The lowest BCUT2D eigenvalue weighted by Gasteiger charge is -2.31. The fourth-order valence-corrected chi connectivity index (χ4v) is 4.28. The van der Waals surface area contributed by atoms with E-state index in [9.17, 15) is 5.11 Å². The van der Waals surface area contributed by atoms with E-state index in [1.165, 1.54) is 18.5 Å². The maximum Gasteiger partial charge on any atom is 0.191 e. The smallest absolute Gasteiger partial charge is 0.191 e. The molecular weight excluding hydrogens is 525 g/mol. The third kappa shape index (κ3) is 8.03. The molecule has 0 aromatic carbocycles. The van der Waals surface area contributed by atoms with Crippen LogP contribution in [0.25, 0.3) is 0 Å². The topological polar surface area (TPSA) is 85.9 Å². The van der Waals surface area contributed by atoms with Gasteiger partial charge in [0.15, 0.2) is 5.96 Å². The molecule has 0 spiro atoms. The van der Waals surface area contributed by atoms with Gasteiger partial charge in [-0.1, -0.05) is 0 Å². The number of halogens is 1. The normalized spacial score (nSPS) is 17.8. The summed E-state index contributed by atoms with van der Waals surface area (Å²) in [6, 6.07) is 3.67. The number of aliphatic hydroxyl groups is 1. The molecule has 0 bridgehead atoms. The summed E-state index contributed by atoms with van der Waals surface area (Å²) in [5, 5.41) is 20.8. The summed E-state index contributed by atoms with van der Waals surface area (Å²) >= 11 is 1.72. The van der Waals surface area contributed by atoms with Crippen LogP contribution in [0.15, 0.2) is 26.9 Å². The molecule has 7 nitrogen and oxygen atoms in total. The van der Waals surface area contributed by atoms with Crippen molar-refractivity contribution in [3.05, 3.63) is 39.7 Å². The Morgan fingerprint density at radius 1 is 1.32 bits per heavy atom. The Hall–Kier alpha value is -1.17. The first kappa shape index (κ1) is 26.1. The van der Waals surface area contributed by atoms with Crippen molar-refractivity contribution < 1.29 is 9.52 Å². The monoisotopic (exact) mass is 561 g/mol. The van der Waals surface area contributed by atoms with Crippen LogP contribution >= 0.6 is 35.3 Å². The Labute approximate surface area is 206 Å². The molecule has 0 aliphatic carbocycles. The van der Waals surface area contributed by atoms with Gasteiger partial charge in [0.25, 0.3) is 0 Å². The van der Waals surface area contributed by atoms with Gasteiger partial charge in [0.1, 0.15) is 17.1 Å². The Morgan fingerprint density at radius 2 is 2.06 bits per heavy atom. The first-order valence-corrected chi connectivity index (χ1v) is 11.7. The Morgan fingerprint density at radius 3 is 2.65 bits per heavy atom. The van der Waals surface area contributed by atoms with E-state index >= 15 is 0 Å². The molecular formula is C22H36IN5O2S. The summed E-state index contributed by atoms with van der Waals surface area (Å²) in [5.74, 6) is 2.69. The quantitative estimate of drug-likeness (QED) is 0.259. The van der Waals surface area contributed by atoms with Gasteiger partial charge in [-0.3, -0.25) is 4.90 Å². The van der Waals surface area contributed by atoms with Gasteiger partial charge in [0.05, 0.1) is 17.2 Å². The number of rotatable bonds is 8. The van der Waals surface area contributed by atoms with Crippen LogP contribution in [-0.2, 0) is 12.1 Å². The summed E-state index contributed by atoms with van der Waals surface area (Å²) in [6.07, 6.45) is 2.33. The number of thiazole rings is 1. The van der Waals surface area contributed by atoms with Crippen LogP contribution in [0.3, 0.4) is 0 Å². The molecule has 3 heterocycles. The number of piperidine rings is 1. The highest BCUT2D eigenvalue weighted by atomic mass is 127. The molecule has 0 saturated carbocycles. The Bertz CT molecular complexity index is 827. The summed E-state index contributed by atoms with van der Waals surface area (Å²) in [5.41, 5.74) is 0.0603. The minimum Gasteiger partial charge on any atom is -0.463 e. The Kier molecular flexibility index (Phi) is 10.2. The number of guanidine groups is 1. The lowest BCUT2D eigenvalue weighted by molar-refractivity contribution is 0.0428. The molecule has 9 heteroatoms. The van der Waals surface area contributed by atoms with Crippen LogP contribution < -0.4 is 10.6 Å². The van der Waals surface area contributed by atoms with Crippen molar-refractivity contribution >= 4 is 41.3 Å². The van der Waals surface area contributed by atoms with Crippen molar-refractivity contribution in [2.45, 2.75) is 52.7 Å². The third-order valence-corrected chi connectivity index (χ3v) is 6.30. The van der Waals surface area contributed by atoms with E-state index in [0.29, 0.717) is 11.7 Å². The average molecular weight is 562 g/mol. The number of hydrogen-bond donors (Lipinski definition) is 3. The van der Waals surface area contributed by atoms with E-state index in [1.807, 2.05) is 26.0 Å². The summed E-state index contributed by atoms with van der Waals surface area (Å²) in [4.78, 5) is 11.7. The van der Waals surface area contributed by atoms with Crippen molar-refractivity contribution in [1.82, 2.24) is 20.5 Å². The average Bonchev–Trinajstić information content (AvgIpc) is 3.34. The van der Waals surface area contributed by atoms with Gasteiger partial charge < -0.3 is 20.2 Å². The van der Waals surface area contributed by atoms with Crippen LogP contribution in [0.5, 0.6) is 0 Å². The minimum absolute atomic E-state index is 0. The van der Waals surface area contributed by atoms with Gasteiger partial charge >= 0.3 is 0 Å². The van der Waals surface area contributed by atoms with Gasteiger partial charge in [-0.2, -0.15) is 0 Å². The molecule has 1 atom stereocenters. The van der Waals surface area contributed by atoms with E-state index < -0.39 is 5.60 Å². The summed E-state index contributed by atoms with van der Waals surface area (Å²) in [6.45, 7) is 12.8. The van der Waals surface area contributed by atoms with Crippen molar-refractivity contribution in [2.24, 2.45) is 10.9 Å². The molecule has 3 rings (SSSR count). The maximum atomic E-state index is 10.7. The molecule has 3 N–H and O–H groups in total. The zero-order valence-corrected chi connectivity index (χ0v) is 22.1. The predicted molar refractivity (Wildman–Crippen MR) is 137 cm³/mol. The van der Waals surface area contributed by atoms with Gasteiger partial charge in [-0.25, -0.2) is 9.98 Å². The van der Waals surface area contributed by atoms with Crippen molar-refractivity contribution in [3.8, 4) is 0 Å². The fraction of sp³-hybridized carbons (Fsp3) is 0.636. The number of aromatic nitrogens is 1. The number of hydrogen-bond acceptors (Lipinski definition) is 6. The largest absolute Gasteiger partial charge is 0.463 e. The molecule has 0 radical (unpaired) electrons. The summed E-state index contributed by atoms with van der Waals surface area (Å²) in [7, 11) is 0. The second kappa shape index (κ2) is 12.2. The first-order valence-electron chi connectivity index (χ1n) is 10.8. The molecule has 1 aliphatic heterocycles. The third-order valence-electron chi connectivity index (χ3n) is 5.48. The number of nitrogens with one attached hydrogen (secondary N) is 2. The molecule has 1 unspecified atom stereocenters. The van der Waals surface area contributed by atoms with Gasteiger partial charge in [-0.15, -0.1) is 35.3 Å². The minimum atomic E-state index is -1.13. The van der Waals surface area contributed by atoms with E-state index in [4.69, 9.17) is 4.42 Å². The lowest BCUT2D eigenvalue weighted by Crippen LogP contribution is -2.43. The summed E-state index contributed by atoms with van der Waals surface area (Å²) < 4.78 is 5.58. The SMILES string of the molecule is CCNC(=NCC(C)(O)c1ccc(C)o1)NCC1CCN(Cc2csc(C)n2)CC1.I. The van der Waals surface area contributed by atoms with E-state index in [1.54, 1.807) is 18.3 Å². The van der Waals surface area contributed by atoms with Gasteiger partial charge in [0.2, 0.25) is 0 Å². The highest BCUT2D eigenvalue weighted by molar-refractivity contribution is 14.0. The highest BCUT2D eigenvalue weighted by Crippen LogP contribution is 2.23. The molecule has 31 heavy (non-hydrogen) atoms. The van der Waals surface area contributed by atoms with Crippen LogP contribution in [0, 0.1) is 19.8 Å². The molecule has 1 saturated heterocycles. The number of furan rings is 1. The number of nitrogens with zero attached hydrogens (tertiary/aromatic N) is 3. The van der Waals surface area contributed by atoms with Crippen LogP contribution in [0.1, 0.15) is 48.9 Å². The zero-order chi connectivity index (χ0) is 21.6. The van der Waals surface area contributed by atoms with Gasteiger partial charge in [0, 0.05) is 25.0 Å². The van der Waals surface area contributed by atoms with Crippen LogP contribution in [0.2, 0.25) is 0 Å². The van der Waals surface area contributed by atoms with Gasteiger partial charge in [-0.05, 0) is 71.7 Å². The van der Waals surface area contributed by atoms with Crippen LogP contribution in [0.4, 0.5) is 0 Å². The maximum absolute atomic E-state index is 10.7. The second-order valence-electron chi connectivity index (χ2n) is 8.34. The predicted octanol–water partition coefficient (Wildman–Crippen LogP) is 3.65. The molecule has 2 aromatic rings. The lowest BCUT2D eigenvalue weighted by atomic mass is 9.97. The zero-order valence-electron chi connectivity index (χ0n) is 19.0. The number of likely N-dealkylation sites (tertiary alicyclic amines) is 1. The standard InChI is InChI=1S/C22H35N5O2S.HI/c1-5-23-21(25-15-22(4,28)20-7-6-16(2)29-20)24-12-18-8-10-27(11-9-18)13-19-14-30-17(3)26-19;/h6-7,14,18,28H,5,8-13,15H2,1-4H3,(H2,23,24,25);1H. The number of aliphatic imine (C=N–C) groups is 1. The first-order chi connectivity index (χ1) is 14.4. The Balaban J connectivity index is 0.00000341. The van der Waals surface area contributed by atoms with Crippen molar-refractivity contribution in [2.75, 3.05) is 32.7 Å². The van der Waals surface area contributed by atoms with Crippen molar-refractivity contribution in [3.63, 3.8) is 0 Å².